The van der Waals surface area contributed by atoms with E-state index in [1.807, 2.05) is 37.3 Å². The van der Waals surface area contributed by atoms with Crippen LogP contribution in [0.1, 0.15) is 31.7 Å². The van der Waals surface area contributed by atoms with E-state index in [2.05, 4.69) is 9.89 Å². The quantitative estimate of drug-likeness (QED) is 0.800. The van der Waals surface area contributed by atoms with Crippen molar-refractivity contribution in [2.75, 3.05) is 19.7 Å². The molecule has 0 aromatic heterocycles. The number of hydrogen-bond donors (Lipinski definition) is 0. The largest absolute Gasteiger partial charge is 0.493 e. The molecule has 0 radical (unpaired) electrons. The highest BCUT2D eigenvalue weighted by molar-refractivity contribution is 8.18. The number of likely N-dealkylation sites (tertiary alicyclic amines) is 1. The number of piperidine rings is 1. The SMILES string of the molecule is CCOc1ccccc1C=C1SC(N2CCCCC2)=NC1=O. The molecule has 2 heterocycles. The minimum absolute atomic E-state index is 0.142. The summed E-state index contributed by atoms with van der Waals surface area (Å²) in [6, 6.07) is 7.77. The first-order chi connectivity index (χ1) is 10.8. The Morgan fingerprint density at radius 1 is 1.27 bits per heavy atom. The fraction of sp³-hybridized carbons (Fsp3) is 0.412. The summed E-state index contributed by atoms with van der Waals surface area (Å²) in [5.41, 5.74) is 0.926. The van der Waals surface area contributed by atoms with Crippen molar-refractivity contribution in [3.63, 3.8) is 0 Å². The predicted molar refractivity (Wildman–Crippen MR) is 91.0 cm³/mol. The summed E-state index contributed by atoms with van der Waals surface area (Å²) in [4.78, 5) is 19.3. The second-order valence-electron chi connectivity index (χ2n) is 5.33. The zero-order chi connectivity index (χ0) is 15.4. The number of amides is 1. The lowest BCUT2D eigenvalue weighted by atomic mass is 10.1. The zero-order valence-electron chi connectivity index (χ0n) is 12.7. The number of rotatable bonds is 3. The Balaban J connectivity index is 1.78. The first-order valence-electron chi connectivity index (χ1n) is 7.77. The van der Waals surface area contributed by atoms with Crippen LogP contribution in [0.2, 0.25) is 0 Å². The molecule has 1 fully saturated rings. The number of hydrogen-bond acceptors (Lipinski definition) is 4. The van der Waals surface area contributed by atoms with Gasteiger partial charge in [-0.3, -0.25) is 4.79 Å². The maximum atomic E-state index is 12.2. The molecule has 0 N–H and O–H groups in total. The molecule has 2 aliphatic rings. The van der Waals surface area contributed by atoms with Gasteiger partial charge in [-0.15, -0.1) is 0 Å². The molecule has 2 aliphatic heterocycles. The number of thioether (sulfide) groups is 1. The van der Waals surface area contributed by atoms with Crippen LogP contribution in [0, 0.1) is 0 Å². The number of amidine groups is 1. The van der Waals surface area contributed by atoms with Crippen LogP contribution in [0.3, 0.4) is 0 Å². The third kappa shape index (κ3) is 3.35. The van der Waals surface area contributed by atoms with Crippen LogP contribution in [0.5, 0.6) is 5.75 Å². The van der Waals surface area contributed by atoms with Crippen molar-refractivity contribution in [1.29, 1.82) is 0 Å². The van der Waals surface area contributed by atoms with E-state index < -0.39 is 0 Å². The topological polar surface area (TPSA) is 41.9 Å². The monoisotopic (exact) mass is 316 g/mol. The van der Waals surface area contributed by atoms with E-state index in [9.17, 15) is 4.79 Å². The van der Waals surface area contributed by atoms with Crippen molar-refractivity contribution in [3.8, 4) is 5.75 Å². The summed E-state index contributed by atoms with van der Waals surface area (Å²) >= 11 is 1.48. The summed E-state index contributed by atoms with van der Waals surface area (Å²) in [6.07, 6.45) is 5.52. The van der Waals surface area contributed by atoms with E-state index in [0.29, 0.717) is 11.5 Å². The van der Waals surface area contributed by atoms with Crippen LogP contribution in [0.4, 0.5) is 0 Å². The van der Waals surface area contributed by atoms with Gasteiger partial charge in [-0.05, 0) is 50.1 Å². The Hall–Kier alpha value is -1.75. The molecule has 0 saturated carbocycles. The highest BCUT2D eigenvalue weighted by Gasteiger charge is 2.27. The lowest BCUT2D eigenvalue weighted by Crippen LogP contribution is -2.33. The van der Waals surface area contributed by atoms with Gasteiger partial charge in [0.25, 0.3) is 5.91 Å². The molecule has 1 aromatic rings. The van der Waals surface area contributed by atoms with Crippen LogP contribution in [0.15, 0.2) is 34.2 Å². The number of benzene rings is 1. The third-order valence-electron chi connectivity index (χ3n) is 3.74. The van der Waals surface area contributed by atoms with Crippen molar-refractivity contribution < 1.29 is 9.53 Å². The second kappa shape index (κ2) is 7.01. The molecule has 0 aliphatic carbocycles. The molecular weight excluding hydrogens is 296 g/mol. The lowest BCUT2D eigenvalue weighted by molar-refractivity contribution is -0.113. The molecule has 116 valence electrons. The molecule has 3 rings (SSSR count). The molecule has 1 aromatic carbocycles. The molecule has 5 heteroatoms. The Bertz CT molecular complexity index is 619. The number of aliphatic imine (C=N–C) groups is 1. The minimum atomic E-state index is -0.142. The van der Waals surface area contributed by atoms with E-state index in [-0.39, 0.29) is 5.91 Å². The van der Waals surface area contributed by atoms with Crippen molar-refractivity contribution in [1.82, 2.24) is 4.90 Å². The second-order valence-corrected chi connectivity index (χ2v) is 6.34. The van der Waals surface area contributed by atoms with Crippen molar-refractivity contribution >= 4 is 28.9 Å². The van der Waals surface area contributed by atoms with E-state index in [0.717, 1.165) is 29.6 Å². The standard InChI is InChI=1S/C17H20N2O2S/c1-2-21-14-9-5-4-8-13(14)12-15-16(20)18-17(22-15)19-10-6-3-7-11-19/h4-5,8-9,12H,2-3,6-7,10-11H2,1H3. The zero-order valence-corrected chi connectivity index (χ0v) is 13.6. The maximum Gasteiger partial charge on any atom is 0.286 e. The molecule has 0 atom stereocenters. The van der Waals surface area contributed by atoms with Crippen LogP contribution >= 0.6 is 11.8 Å². The van der Waals surface area contributed by atoms with Gasteiger partial charge in [-0.2, -0.15) is 4.99 Å². The number of para-hydroxylation sites is 1. The first-order valence-corrected chi connectivity index (χ1v) is 8.59. The fourth-order valence-corrected chi connectivity index (χ4v) is 3.60. The van der Waals surface area contributed by atoms with Crippen molar-refractivity contribution in [2.24, 2.45) is 4.99 Å². The number of carbonyl (C=O) groups is 1. The lowest BCUT2D eigenvalue weighted by Gasteiger charge is -2.27. The average molecular weight is 316 g/mol. The summed E-state index contributed by atoms with van der Waals surface area (Å²) < 4.78 is 5.61. The Morgan fingerprint density at radius 2 is 2.05 bits per heavy atom. The number of ether oxygens (including phenoxy) is 1. The molecule has 0 bridgehead atoms. The van der Waals surface area contributed by atoms with Crippen molar-refractivity contribution in [2.45, 2.75) is 26.2 Å². The Labute approximate surface area is 135 Å². The van der Waals surface area contributed by atoms with Gasteiger partial charge >= 0.3 is 0 Å². The smallest absolute Gasteiger partial charge is 0.286 e. The molecule has 1 amide bonds. The molecule has 0 spiro atoms. The van der Waals surface area contributed by atoms with Crippen molar-refractivity contribution in [3.05, 3.63) is 34.7 Å². The van der Waals surface area contributed by atoms with Gasteiger partial charge in [0.2, 0.25) is 0 Å². The summed E-state index contributed by atoms with van der Waals surface area (Å²) in [6.45, 7) is 4.57. The molecule has 1 saturated heterocycles. The van der Waals surface area contributed by atoms with Gasteiger partial charge in [0, 0.05) is 18.7 Å². The van der Waals surface area contributed by atoms with E-state index in [4.69, 9.17) is 4.74 Å². The summed E-state index contributed by atoms with van der Waals surface area (Å²) in [7, 11) is 0. The van der Waals surface area contributed by atoms with E-state index in [1.165, 1.54) is 31.0 Å². The third-order valence-corrected chi connectivity index (χ3v) is 4.79. The van der Waals surface area contributed by atoms with Gasteiger partial charge < -0.3 is 9.64 Å². The molecule has 0 unspecified atom stereocenters. The van der Waals surface area contributed by atoms with Crippen LogP contribution in [0.25, 0.3) is 6.08 Å². The summed E-state index contributed by atoms with van der Waals surface area (Å²) in [5.74, 6) is 0.661. The first kappa shape index (κ1) is 15.2. The summed E-state index contributed by atoms with van der Waals surface area (Å²) in [5, 5.41) is 0.852. The van der Waals surface area contributed by atoms with E-state index >= 15 is 0 Å². The number of nitrogens with zero attached hydrogens (tertiary/aromatic N) is 2. The average Bonchev–Trinajstić information content (AvgIpc) is 2.91. The predicted octanol–water partition coefficient (Wildman–Crippen LogP) is 3.54. The highest BCUT2D eigenvalue weighted by Crippen LogP contribution is 2.33. The van der Waals surface area contributed by atoms with Gasteiger partial charge in [-0.25, -0.2) is 0 Å². The van der Waals surface area contributed by atoms with Gasteiger partial charge in [0.15, 0.2) is 5.17 Å². The normalized spacial score (nSPS) is 20.4. The van der Waals surface area contributed by atoms with Crippen LogP contribution in [-0.4, -0.2) is 35.7 Å². The van der Waals surface area contributed by atoms with Gasteiger partial charge in [-0.1, -0.05) is 18.2 Å². The Morgan fingerprint density at radius 3 is 2.82 bits per heavy atom. The van der Waals surface area contributed by atoms with Gasteiger partial charge in [0.05, 0.1) is 11.5 Å². The molecule has 22 heavy (non-hydrogen) atoms. The van der Waals surface area contributed by atoms with E-state index in [1.54, 1.807) is 0 Å². The minimum Gasteiger partial charge on any atom is -0.493 e. The number of carbonyl (C=O) groups excluding carboxylic acids is 1. The fourth-order valence-electron chi connectivity index (χ4n) is 2.65. The van der Waals surface area contributed by atoms with Crippen LogP contribution < -0.4 is 4.74 Å². The maximum absolute atomic E-state index is 12.2. The highest BCUT2D eigenvalue weighted by atomic mass is 32.2. The van der Waals surface area contributed by atoms with Gasteiger partial charge in [0.1, 0.15) is 5.75 Å². The molecule has 4 nitrogen and oxygen atoms in total. The molecular formula is C17H20N2O2S. The Kier molecular flexibility index (Phi) is 4.83. The van der Waals surface area contributed by atoms with Crippen LogP contribution in [-0.2, 0) is 4.79 Å².